The highest BCUT2D eigenvalue weighted by atomic mass is 14.7. The Bertz CT molecular complexity index is 416. The molecule has 0 aliphatic rings. The van der Waals surface area contributed by atoms with Gasteiger partial charge in [0.15, 0.2) is 0 Å². The van der Waals surface area contributed by atoms with Gasteiger partial charge in [-0.2, -0.15) is 0 Å². The van der Waals surface area contributed by atoms with Gasteiger partial charge in [-0.05, 0) is 23.6 Å². The molecule has 66 valence electrons. The number of rotatable bonds is 1. The Morgan fingerprint density at radius 2 is 2.00 bits per heavy atom. The monoisotopic (exact) mass is 172 g/mol. The normalized spacial score (nSPS) is 11.0. The maximum absolute atomic E-state index is 4.28. The third-order valence-electron chi connectivity index (χ3n) is 2.20. The van der Waals surface area contributed by atoms with Crippen LogP contribution >= 0.6 is 0 Å². The molecule has 13 heavy (non-hydrogen) atoms. The van der Waals surface area contributed by atoms with Crippen LogP contribution in [-0.2, 0) is 0 Å². The van der Waals surface area contributed by atoms with Crippen LogP contribution in [0, 0.1) is 0 Å². The van der Waals surface area contributed by atoms with E-state index in [9.17, 15) is 0 Å². The molecule has 0 spiro atoms. The van der Waals surface area contributed by atoms with E-state index in [-0.39, 0.29) is 0 Å². The molecule has 2 nitrogen and oxygen atoms in total. The summed E-state index contributed by atoms with van der Waals surface area (Å²) in [7, 11) is 0. The first-order valence-corrected chi connectivity index (χ1v) is 4.47. The fourth-order valence-corrected chi connectivity index (χ4v) is 1.51. The van der Waals surface area contributed by atoms with Crippen LogP contribution in [0.3, 0.4) is 0 Å². The Hall–Kier alpha value is -1.44. The average molecular weight is 172 g/mol. The predicted molar refractivity (Wildman–Crippen MR) is 53.6 cm³/mol. The Morgan fingerprint density at radius 3 is 2.77 bits per heavy atom. The number of hydrogen-bond acceptors (Lipinski definition) is 2. The van der Waals surface area contributed by atoms with Gasteiger partial charge in [-0.1, -0.05) is 13.8 Å². The summed E-state index contributed by atoms with van der Waals surface area (Å²) in [5, 5.41) is 1.17. The fourth-order valence-electron chi connectivity index (χ4n) is 1.51. The van der Waals surface area contributed by atoms with Crippen LogP contribution in [0.1, 0.15) is 25.3 Å². The first kappa shape index (κ1) is 8.17. The summed E-state index contributed by atoms with van der Waals surface area (Å²) in [5.74, 6) is 0.523. The lowest BCUT2D eigenvalue weighted by Crippen LogP contribution is -1.91. The molecule has 0 amide bonds. The van der Waals surface area contributed by atoms with Crippen molar-refractivity contribution >= 4 is 10.9 Å². The molecular weight excluding hydrogens is 160 g/mol. The molecule has 0 aliphatic heterocycles. The Labute approximate surface area is 77.6 Å². The molecule has 0 N–H and O–H groups in total. The van der Waals surface area contributed by atoms with Crippen molar-refractivity contribution in [3.8, 4) is 0 Å². The van der Waals surface area contributed by atoms with Crippen LogP contribution in [0.25, 0.3) is 10.9 Å². The lowest BCUT2D eigenvalue weighted by atomic mass is 10.0. The summed E-state index contributed by atoms with van der Waals surface area (Å²) < 4.78 is 0. The second kappa shape index (κ2) is 3.13. The van der Waals surface area contributed by atoms with Crippen LogP contribution in [0.4, 0.5) is 0 Å². The van der Waals surface area contributed by atoms with Crippen molar-refractivity contribution in [3.05, 3.63) is 36.3 Å². The highest BCUT2D eigenvalue weighted by Crippen LogP contribution is 2.22. The minimum atomic E-state index is 0.523. The summed E-state index contributed by atoms with van der Waals surface area (Å²) in [6.45, 7) is 4.36. The van der Waals surface area contributed by atoms with Crippen molar-refractivity contribution in [1.82, 2.24) is 9.97 Å². The minimum Gasteiger partial charge on any atom is -0.264 e. The first-order chi connectivity index (χ1) is 6.29. The standard InChI is InChI=1S/C11H12N2/c1-8(2)9-3-6-13-11-4-5-12-7-10(9)11/h3-8H,1-2H3. The number of nitrogens with zero attached hydrogens (tertiary/aromatic N) is 2. The van der Waals surface area contributed by atoms with Crippen molar-refractivity contribution in [1.29, 1.82) is 0 Å². The number of fused-ring (bicyclic) bond motifs is 1. The van der Waals surface area contributed by atoms with E-state index in [2.05, 4.69) is 29.9 Å². The van der Waals surface area contributed by atoms with E-state index in [0.29, 0.717) is 5.92 Å². The van der Waals surface area contributed by atoms with Gasteiger partial charge in [-0.15, -0.1) is 0 Å². The highest BCUT2D eigenvalue weighted by molar-refractivity contribution is 5.81. The zero-order valence-corrected chi connectivity index (χ0v) is 7.86. The van der Waals surface area contributed by atoms with Crippen LogP contribution in [0.2, 0.25) is 0 Å². The van der Waals surface area contributed by atoms with E-state index in [4.69, 9.17) is 0 Å². The molecule has 0 saturated carbocycles. The van der Waals surface area contributed by atoms with Crippen molar-refractivity contribution in [2.75, 3.05) is 0 Å². The molecular formula is C11H12N2. The van der Waals surface area contributed by atoms with E-state index < -0.39 is 0 Å². The van der Waals surface area contributed by atoms with Gasteiger partial charge in [0.25, 0.3) is 0 Å². The molecule has 2 aromatic heterocycles. The van der Waals surface area contributed by atoms with Crippen molar-refractivity contribution in [3.63, 3.8) is 0 Å². The molecule has 2 rings (SSSR count). The van der Waals surface area contributed by atoms with Gasteiger partial charge in [0.1, 0.15) is 0 Å². The van der Waals surface area contributed by atoms with E-state index in [1.165, 1.54) is 10.9 Å². The van der Waals surface area contributed by atoms with E-state index in [1.807, 2.05) is 18.5 Å². The van der Waals surface area contributed by atoms with Gasteiger partial charge in [-0.25, -0.2) is 0 Å². The molecule has 0 atom stereocenters. The van der Waals surface area contributed by atoms with Crippen molar-refractivity contribution < 1.29 is 0 Å². The maximum Gasteiger partial charge on any atom is 0.0735 e. The lowest BCUT2D eigenvalue weighted by molar-refractivity contribution is 0.873. The molecule has 2 heterocycles. The number of aromatic nitrogens is 2. The van der Waals surface area contributed by atoms with Gasteiger partial charge in [0.2, 0.25) is 0 Å². The SMILES string of the molecule is CC(C)c1ccnc2ccncc12. The molecule has 2 heteroatoms. The Kier molecular flexibility index (Phi) is 1.97. The van der Waals surface area contributed by atoms with E-state index in [0.717, 1.165) is 5.52 Å². The summed E-state index contributed by atoms with van der Waals surface area (Å²) in [6, 6.07) is 4.01. The summed E-state index contributed by atoms with van der Waals surface area (Å²) in [6.07, 6.45) is 5.52. The molecule has 0 saturated heterocycles. The topological polar surface area (TPSA) is 25.8 Å². The number of hydrogen-bond donors (Lipinski definition) is 0. The summed E-state index contributed by atoms with van der Waals surface area (Å²) in [4.78, 5) is 8.40. The third kappa shape index (κ3) is 1.39. The summed E-state index contributed by atoms with van der Waals surface area (Å²) >= 11 is 0. The smallest absolute Gasteiger partial charge is 0.0735 e. The maximum atomic E-state index is 4.28. The average Bonchev–Trinajstić information content (AvgIpc) is 2.17. The van der Waals surface area contributed by atoms with E-state index in [1.54, 1.807) is 6.20 Å². The Balaban J connectivity index is 2.76. The number of pyridine rings is 2. The molecule has 0 radical (unpaired) electrons. The van der Waals surface area contributed by atoms with Gasteiger partial charge >= 0.3 is 0 Å². The van der Waals surface area contributed by atoms with Crippen LogP contribution < -0.4 is 0 Å². The van der Waals surface area contributed by atoms with Gasteiger partial charge < -0.3 is 0 Å². The predicted octanol–water partition coefficient (Wildman–Crippen LogP) is 2.75. The van der Waals surface area contributed by atoms with Crippen LogP contribution in [0.15, 0.2) is 30.7 Å². The lowest BCUT2D eigenvalue weighted by Gasteiger charge is -2.07. The first-order valence-electron chi connectivity index (χ1n) is 4.47. The fraction of sp³-hybridized carbons (Fsp3) is 0.273. The third-order valence-corrected chi connectivity index (χ3v) is 2.20. The quantitative estimate of drug-likeness (QED) is 0.661. The molecule has 0 unspecified atom stereocenters. The van der Waals surface area contributed by atoms with Gasteiger partial charge in [0, 0.05) is 24.0 Å². The minimum absolute atomic E-state index is 0.523. The largest absolute Gasteiger partial charge is 0.264 e. The molecule has 0 aliphatic carbocycles. The van der Waals surface area contributed by atoms with Crippen LogP contribution in [-0.4, -0.2) is 9.97 Å². The zero-order chi connectivity index (χ0) is 9.26. The Morgan fingerprint density at radius 1 is 1.15 bits per heavy atom. The molecule has 0 fully saturated rings. The van der Waals surface area contributed by atoms with Crippen molar-refractivity contribution in [2.45, 2.75) is 19.8 Å². The van der Waals surface area contributed by atoms with Gasteiger partial charge in [0.05, 0.1) is 5.52 Å². The van der Waals surface area contributed by atoms with Crippen LogP contribution in [0.5, 0.6) is 0 Å². The molecule has 0 bridgehead atoms. The van der Waals surface area contributed by atoms with Gasteiger partial charge in [-0.3, -0.25) is 9.97 Å². The zero-order valence-electron chi connectivity index (χ0n) is 7.86. The van der Waals surface area contributed by atoms with E-state index >= 15 is 0 Å². The molecule has 2 aromatic rings. The molecule has 0 aromatic carbocycles. The highest BCUT2D eigenvalue weighted by Gasteiger charge is 2.04. The second-order valence-electron chi connectivity index (χ2n) is 3.45. The van der Waals surface area contributed by atoms with Crippen molar-refractivity contribution in [2.24, 2.45) is 0 Å². The summed E-state index contributed by atoms with van der Waals surface area (Å²) in [5.41, 5.74) is 2.35. The second-order valence-corrected chi connectivity index (χ2v) is 3.45.